The highest BCUT2D eigenvalue weighted by atomic mass is 32.2. The van der Waals surface area contributed by atoms with E-state index in [9.17, 15) is 19.5 Å². The van der Waals surface area contributed by atoms with E-state index in [2.05, 4.69) is 16.0 Å². The van der Waals surface area contributed by atoms with Gasteiger partial charge in [-0.1, -0.05) is 54.6 Å². The predicted octanol–water partition coefficient (Wildman–Crippen LogP) is 3.47. The van der Waals surface area contributed by atoms with Crippen molar-refractivity contribution in [3.05, 3.63) is 95.6 Å². The van der Waals surface area contributed by atoms with Crippen LogP contribution in [0.15, 0.2) is 78.9 Å². The molecule has 3 atom stereocenters. The quantitative estimate of drug-likeness (QED) is 0.244. The van der Waals surface area contributed by atoms with Gasteiger partial charge in [-0.2, -0.15) is 0 Å². The molecule has 0 saturated carbocycles. The maximum atomic E-state index is 13.8. The normalized spacial score (nSPS) is 16.8. The molecule has 0 aliphatic carbocycles. The molecule has 1 fully saturated rings. The van der Waals surface area contributed by atoms with Gasteiger partial charge in [-0.25, -0.2) is 4.79 Å². The van der Waals surface area contributed by atoms with E-state index < -0.39 is 34.9 Å². The van der Waals surface area contributed by atoms with Crippen molar-refractivity contribution < 1.29 is 29.0 Å². The van der Waals surface area contributed by atoms with Crippen LogP contribution < -0.4 is 25.4 Å². The zero-order valence-corrected chi connectivity index (χ0v) is 26.2. The van der Waals surface area contributed by atoms with Gasteiger partial charge in [-0.3, -0.25) is 9.59 Å². The monoisotopic (exact) mass is 620 g/mol. The van der Waals surface area contributed by atoms with Crippen molar-refractivity contribution in [3.8, 4) is 11.5 Å². The molecule has 3 aromatic carbocycles. The summed E-state index contributed by atoms with van der Waals surface area (Å²) in [7, 11) is 3.17. The van der Waals surface area contributed by atoms with Gasteiger partial charge in [0.2, 0.25) is 5.91 Å². The highest BCUT2D eigenvalue weighted by molar-refractivity contribution is 8.00. The van der Waals surface area contributed by atoms with Gasteiger partial charge >= 0.3 is 6.03 Å². The number of hydrogen-bond donors (Lipinski definition) is 4. The summed E-state index contributed by atoms with van der Waals surface area (Å²) >= 11 is 1.46. The van der Waals surface area contributed by atoms with Gasteiger partial charge in [0.15, 0.2) is 6.10 Å². The fourth-order valence-corrected chi connectivity index (χ4v) is 6.18. The standard InChI is InChI=1S/C33H40N4O6S/c1-33(2)29(30(39)34-19-23-10-14-25(42-3)15-11-23)37(21-44-33)31(40)28(38)27(18-22-8-6-5-7-9-22)36-32(41)35-20-24-12-16-26(43-4)17-13-24/h5-17,27-29,38H,18-21H2,1-4H3,(H,34,39)(H2,35,36,41). The molecule has 44 heavy (non-hydrogen) atoms. The van der Waals surface area contributed by atoms with Crippen LogP contribution in [0.1, 0.15) is 30.5 Å². The molecule has 234 valence electrons. The van der Waals surface area contributed by atoms with Crippen molar-refractivity contribution in [2.24, 2.45) is 0 Å². The number of carbonyl (C=O) groups excluding carboxylic acids is 3. The third-order valence-electron chi connectivity index (χ3n) is 7.56. The van der Waals surface area contributed by atoms with Crippen LogP contribution in [0.3, 0.4) is 0 Å². The van der Waals surface area contributed by atoms with E-state index >= 15 is 0 Å². The number of nitrogens with zero attached hydrogens (tertiary/aromatic N) is 1. The number of benzene rings is 3. The lowest BCUT2D eigenvalue weighted by Crippen LogP contribution is -2.59. The van der Waals surface area contributed by atoms with Crippen molar-refractivity contribution in [1.82, 2.24) is 20.9 Å². The molecule has 1 saturated heterocycles. The number of carbonyl (C=O) groups is 3. The number of aliphatic hydroxyl groups is 1. The Morgan fingerprint density at radius 3 is 1.95 bits per heavy atom. The van der Waals surface area contributed by atoms with Crippen molar-refractivity contribution in [1.29, 1.82) is 0 Å². The second-order valence-electron chi connectivity index (χ2n) is 11.1. The van der Waals surface area contributed by atoms with Crippen molar-refractivity contribution in [3.63, 3.8) is 0 Å². The van der Waals surface area contributed by atoms with E-state index in [1.54, 1.807) is 26.4 Å². The van der Waals surface area contributed by atoms with Crippen LogP contribution in [-0.2, 0) is 29.1 Å². The molecule has 3 unspecified atom stereocenters. The molecule has 0 spiro atoms. The lowest BCUT2D eigenvalue weighted by atomic mass is 9.97. The Morgan fingerprint density at radius 1 is 0.864 bits per heavy atom. The Bertz CT molecular complexity index is 1400. The largest absolute Gasteiger partial charge is 0.497 e. The molecule has 4 rings (SSSR count). The summed E-state index contributed by atoms with van der Waals surface area (Å²) in [6.07, 6.45) is -1.38. The first-order chi connectivity index (χ1) is 21.1. The molecule has 11 heteroatoms. The van der Waals surface area contributed by atoms with Crippen LogP contribution in [0.4, 0.5) is 4.79 Å². The minimum absolute atomic E-state index is 0.211. The maximum absolute atomic E-state index is 13.8. The predicted molar refractivity (Wildman–Crippen MR) is 170 cm³/mol. The molecule has 4 amide bonds. The molecule has 0 radical (unpaired) electrons. The van der Waals surface area contributed by atoms with Crippen LogP contribution in [0.2, 0.25) is 0 Å². The molecule has 1 aliphatic rings. The fraction of sp³-hybridized carbons (Fsp3) is 0.364. The summed E-state index contributed by atoms with van der Waals surface area (Å²) in [6.45, 7) is 4.32. The minimum atomic E-state index is -1.59. The number of urea groups is 1. The van der Waals surface area contributed by atoms with Crippen LogP contribution in [0.25, 0.3) is 0 Å². The number of amides is 4. The third-order valence-corrected chi connectivity index (χ3v) is 8.94. The van der Waals surface area contributed by atoms with E-state index in [0.29, 0.717) is 11.5 Å². The van der Waals surface area contributed by atoms with E-state index in [-0.39, 0.29) is 31.3 Å². The van der Waals surface area contributed by atoms with Gasteiger partial charge in [-0.05, 0) is 61.2 Å². The Morgan fingerprint density at radius 2 is 1.41 bits per heavy atom. The average Bonchev–Trinajstić information content (AvgIpc) is 3.37. The van der Waals surface area contributed by atoms with Gasteiger partial charge in [0, 0.05) is 17.8 Å². The first-order valence-electron chi connectivity index (χ1n) is 14.4. The maximum Gasteiger partial charge on any atom is 0.315 e. The number of hydrogen-bond acceptors (Lipinski definition) is 7. The number of ether oxygens (including phenoxy) is 2. The average molecular weight is 621 g/mol. The number of thioether (sulfide) groups is 1. The van der Waals surface area contributed by atoms with Crippen molar-refractivity contribution in [2.75, 3.05) is 20.1 Å². The number of nitrogens with one attached hydrogen (secondary N) is 3. The summed E-state index contributed by atoms with van der Waals surface area (Å²) in [5.74, 6) is 0.710. The molecule has 10 nitrogen and oxygen atoms in total. The number of methoxy groups -OCH3 is 2. The van der Waals surface area contributed by atoms with Gasteiger partial charge in [-0.15, -0.1) is 11.8 Å². The smallest absolute Gasteiger partial charge is 0.315 e. The second-order valence-corrected chi connectivity index (χ2v) is 12.7. The topological polar surface area (TPSA) is 129 Å². The van der Waals surface area contributed by atoms with Gasteiger partial charge in [0.25, 0.3) is 5.91 Å². The highest BCUT2D eigenvalue weighted by Crippen LogP contribution is 2.40. The molecule has 4 N–H and O–H groups in total. The summed E-state index contributed by atoms with van der Waals surface area (Å²) < 4.78 is 9.77. The summed E-state index contributed by atoms with van der Waals surface area (Å²) in [5.41, 5.74) is 2.58. The summed E-state index contributed by atoms with van der Waals surface area (Å²) in [6, 6.07) is 21.6. The first-order valence-corrected chi connectivity index (χ1v) is 15.3. The molecule has 1 heterocycles. The first kappa shape index (κ1) is 32.7. The van der Waals surface area contributed by atoms with Crippen LogP contribution in [0, 0.1) is 0 Å². The molecule has 0 bridgehead atoms. The molecule has 3 aromatic rings. The van der Waals surface area contributed by atoms with Gasteiger partial charge in [0.1, 0.15) is 17.5 Å². The van der Waals surface area contributed by atoms with E-state index in [1.807, 2.05) is 80.6 Å². The zero-order chi connectivity index (χ0) is 31.7. The highest BCUT2D eigenvalue weighted by Gasteiger charge is 2.49. The van der Waals surface area contributed by atoms with Crippen LogP contribution in [0.5, 0.6) is 11.5 Å². The Labute approximate surface area is 262 Å². The van der Waals surface area contributed by atoms with E-state index in [1.165, 1.54) is 16.7 Å². The second kappa shape index (κ2) is 15.0. The fourth-order valence-electron chi connectivity index (χ4n) is 5.04. The lowest BCUT2D eigenvalue weighted by molar-refractivity contribution is -0.147. The Hall–Kier alpha value is -4.22. The van der Waals surface area contributed by atoms with Crippen molar-refractivity contribution >= 4 is 29.6 Å². The summed E-state index contributed by atoms with van der Waals surface area (Å²) in [5, 5.41) is 19.9. The number of aliphatic hydroxyl groups excluding tert-OH is 1. The molecule has 1 aliphatic heterocycles. The van der Waals surface area contributed by atoms with Crippen LogP contribution in [-0.4, -0.2) is 70.9 Å². The van der Waals surface area contributed by atoms with Crippen molar-refractivity contribution in [2.45, 2.75) is 56.3 Å². The van der Waals surface area contributed by atoms with Crippen LogP contribution >= 0.6 is 11.8 Å². The zero-order valence-electron chi connectivity index (χ0n) is 25.4. The summed E-state index contributed by atoms with van der Waals surface area (Å²) in [4.78, 5) is 41.7. The molecule has 0 aromatic heterocycles. The molecular weight excluding hydrogens is 580 g/mol. The van der Waals surface area contributed by atoms with E-state index in [0.717, 1.165) is 16.7 Å². The SMILES string of the molecule is COc1ccc(CNC(=O)NC(Cc2ccccc2)C(O)C(=O)N2CSC(C)(C)C2C(=O)NCc2ccc(OC)cc2)cc1. The lowest BCUT2D eigenvalue weighted by Gasteiger charge is -2.33. The molecular formula is C33H40N4O6S. The Kier molecular flexibility index (Phi) is 11.1. The van der Waals surface area contributed by atoms with Gasteiger partial charge < -0.3 is 35.4 Å². The minimum Gasteiger partial charge on any atom is -0.497 e. The number of rotatable bonds is 12. The van der Waals surface area contributed by atoms with Gasteiger partial charge in [0.05, 0.1) is 26.1 Å². The Balaban J connectivity index is 1.45. The van der Waals surface area contributed by atoms with E-state index in [4.69, 9.17) is 9.47 Å². The third kappa shape index (κ3) is 8.45.